The van der Waals surface area contributed by atoms with Crippen LogP contribution in [0.4, 0.5) is 13.2 Å². The topological polar surface area (TPSA) is 20.7 Å². The summed E-state index contributed by atoms with van der Waals surface area (Å²) in [5.74, 6) is -3.22. The van der Waals surface area contributed by atoms with E-state index in [1.807, 2.05) is 19.1 Å². The highest BCUT2D eigenvalue weighted by molar-refractivity contribution is 7.71. The van der Waals surface area contributed by atoms with Crippen molar-refractivity contribution in [3.63, 3.8) is 0 Å². The number of hydrogen-bond donors (Lipinski definition) is 1. The number of imidazole rings is 1. The minimum atomic E-state index is -1.23. The Bertz CT molecular complexity index is 880. The molecule has 0 atom stereocenters. The summed E-state index contributed by atoms with van der Waals surface area (Å²) in [6, 6.07) is 6.77. The largest absolute Gasteiger partial charge is 0.330 e. The van der Waals surface area contributed by atoms with Crippen molar-refractivity contribution < 1.29 is 13.2 Å². The summed E-state index contributed by atoms with van der Waals surface area (Å²) in [5.41, 5.74) is 2.08. The van der Waals surface area contributed by atoms with Gasteiger partial charge in [0.05, 0.1) is 16.7 Å². The van der Waals surface area contributed by atoms with Gasteiger partial charge >= 0.3 is 0 Å². The normalized spacial score (nSPS) is 11.2. The number of aromatic nitrogens is 2. The molecule has 1 heterocycles. The van der Waals surface area contributed by atoms with Gasteiger partial charge in [-0.05, 0) is 30.8 Å². The maximum Gasteiger partial charge on any atom is 0.182 e. The first kappa shape index (κ1) is 12.9. The number of para-hydroxylation sites is 1. The van der Waals surface area contributed by atoms with Gasteiger partial charge in [0.2, 0.25) is 0 Å². The molecule has 2 nitrogen and oxygen atoms in total. The van der Waals surface area contributed by atoms with Gasteiger partial charge in [-0.1, -0.05) is 12.1 Å². The van der Waals surface area contributed by atoms with E-state index in [2.05, 4.69) is 4.98 Å². The monoisotopic (exact) mass is 294 g/mol. The van der Waals surface area contributed by atoms with Gasteiger partial charge < -0.3 is 4.98 Å². The number of aryl methyl sites for hydroxylation is 1. The zero-order chi connectivity index (χ0) is 14.4. The van der Waals surface area contributed by atoms with E-state index in [4.69, 9.17) is 12.2 Å². The van der Waals surface area contributed by atoms with Crippen molar-refractivity contribution in [2.24, 2.45) is 0 Å². The second-order valence-corrected chi connectivity index (χ2v) is 4.84. The van der Waals surface area contributed by atoms with Crippen LogP contribution in [0.1, 0.15) is 5.56 Å². The molecule has 1 aromatic heterocycles. The molecule has 2 aromatic carbocycles. The molecule has 102 valence electrons. The Morgan fingerprint density at radius 3 is 2.50 bits per heavy atom. The molecule has 0 saturated heterocycles. The van der Waals surface area contributed by atoms with Crippen LogP contribution in [0, 0.1) is 29.1 Å². The van der Waals surface area contributed by atoms with Crippen molar-refractivity contribution in [1.82, 2.24) is 9.55 Å². The lowest BCUT2D eigenvalue weighted by Gasteiger charge is -2.08. The first-order chi connectivity index (χ1) is 9.49. The quantitative estimate of drug-likeness (QED) is 0.520. The Balaban J connectivity index is 2.44. The number of fused-ring (bicyclic) bond motifs is 1. The Morgan fingerprint density at radius 2 is 1.75 bits per heavy atom. The van der Waals surface area contributed by atoms with E-state index in [1.54, 1.807) is 6.07 Å². The fourth-order valence-electron chi connectivity index (χ4n) is 2.24. The average molecular weight is 294 g/mol. The van der Waals surface area contributed by atoms with Gasteiger partial charge in [-0.15, -0.1) is 0 Å². The molecule has 3 rings (SSSR count). The molecule has 0 aliphatic carbocycles. The van der Waals surface area contributed by atoms with Gasteiger partial charge in [-0.2, -0.15) is 0 Å². The second-order valence-electron chi connectivity index (χ2n) is 4.45. The third-order valence-electron chi connectivity index (χ3n) is 3.14. The van der Waals surface area contributed by atoms with Crippen LogP contribution in [0.5, 0.6) is 0 Å². The lowest BCUT2D eigenvalue weighted by molar-refractivity contribution is 0.493. The van der Waals surface area contributed by atoms with Crippen molar-refractivity contribution >= 4 is 23.3 Å². The summed E-state index contributed by atoms with van der Waals surface area (Å²) in [5, 5.41) is 0. The van der Waals surface area contributed by atoms with Crippen molar-refractivity contribution in [1.29, 1.82) is 0 Å². The molecule has 6 heteroatoms. The number of halogens is 3. The van der Waals surface area contributed by atoms with Crippen LogP contribution >= 0.6 is 12.2 Å². The van der Waals surface area contributed by atoms with Crippen LogP contribution in [0.15, 0.2) is 30.3 Å². The number of aromatic amines is 1. The smallest absolute Gasteiger partial charge is 0.182 e. The highest BCUT2D eigenvalue weighted by Crippen LogP contribution is 2.25. The predicted molar refractivity (Wildman–Crippen MR) is 73.1 cm³/mol. The van der Waals surface area contributed by atoms with Crippen LogP contribution in [-0.2, 0) is 0 Å². The highest BCUT2D eigenvalue weighted by atomic mass is 32.1. The van der Waals surface area contributed by atoms with Crippen LogP contribution in [0.25, 0.3) is 16.7 Å². The molecule has 1 N–H and O–H groups in total. The molecule has 0 fully saturated rings. The minimum Gasteiger partial charge on any atom is -0.330 e. The van der Waals surface area contributed by atoms with Crippen molar-refractivity contribution in [3.05, 3.63) is 58.1 Å². The molecule has 0 aliphatic rings. The summed E-state index contributed by atoms with van der Waals surface area (Å²) in [4.78, 5) is 2.92. The third-order valence-corrected chi connectivity index (χ3v) is 3.42. The molecular weight excluding hydrogens is 285 g/mol. The summed E-state index contributed by atoms with van der Waals surface area (Å²) >= 11 is 5.15. The van der Waals surface area contributed by atoms with Crippen LogP contribution in [0.2, 0.25) is 0 Å². The van der Waals surface area contributed by atoms with E-state index in [0.717, 1.165) is 11.6 Å². The zero-order valence-electron chi connectivity index (χ0n) is 10.4. The average Bonchev–Trinajstić information content (AvgIpc) is 2.71. The fraction of sp³-hybridized carbons (Fsp3) is 0.0714. The fourth-order valence-corrected chi connectivity index (χ4v) is 2.54. The zero-order valence-corrected chi connectivity index (χ0v) is 11.2. The number of hydrogen-bond acceptors (Lipinski definition) is 1. The molecule has 0 spiro atoms. The SMILES string of the molecule is Cc1cccc2[nH]c(=S)n(-c3cc(F)c(F)cc3F)c12. The number of benzene rings is 2. The van der Waals surface area contributed by atoms with Crippen LogP contribution in [0.3, 0.4) is 0 Å². The first-order valence-corrected chi connectivity index (χ1v) is 6.25. The lowest BCUT2D eigenvalue weighted by Crippen LogP contribution is -2.01. The maximum absolute atomic E-state index is 13.9. The van der Waals surface area contributed by atoms with E-state index in [1.165, 1.54) is 4.57 Å². The van der Waals surface area contributed by atoms with E-state index >= 15 is 0 Å². The van der Waals surface area contributed by atoms with Crippen molar-refractivity contribution in [2.75, 3.05) is 0 Å². The molecule has 0 unspecified atom stereocenters. The Kier molecular flexibility index (Phi) is 2.90. The standard InChI is InChI=1S/C14H9F3N2S/c1-7-3-2-4-11-13(7)19(14(20)18-11)12-6-9(16)8(15)5-10(12)17/h2-6H,1H3,(H,18,20). The van der Waals surface area contributed by atoms with Gasteiger partial charge in [-0.3, -0.25) is 4.57 Å². The molecular formula is C14H9F3N2S. The summed E-state index contributed by atoms with van der Waals surface area (Å²) in [6.07, 6.45) is 0. The number of rotatable bonds is 1. The third kappa shape index (κ3) is 1.84. The van der Waals surface area contributed by atoms with E-state index in [0.29, 0.717) is 17.1 Å². The van der Waals surface area contributed by atoms with Gasteiger partial charge in [-0.25, -0.2) is 13.2 Å². The van der Waals surface area contributed by atoms with E-state index in [-0.39, 0.29) is 10.5 Å². The van der Waals surface area contributed by atoms with Gasteiger partial charge in [0.25, 0.3) is 0 Å². The van der Waals surface area contributed by atoms with Gasteiger partial charge in [0.15, 0.2) is 16.4 Å². The summed E-state index contributed by atoms with van der Waals surface area (Å²) in [6.45, 7) is 1.83. The molecule has 0 amide bonds. The first-order valence-electron chi connectivity index (χ1n) is 5.84. The second kappa shape index (κ2) is 4.49. The predicted octanol–water partition coefficient (Wildman–Crippen LogP) is 4.41. The van der Waals surface area contributed by atoms with Gasteiger partial charge in [0, 0.05) is 12.1 Å². The van der Waals surface area contributed by atoms with E-state index in [9.17, 15) is 13.2 Å². The molecule has 0 aliphatic heterocycles. The molecule has 0 saturated carbocycles. The number of nitrogens with zero attached hydrogens (tertiary/aromatic N) is 1. The number of nitrogens with one attached hydrogen (secondary N) is 1. The molecule has 20 heavy (non-hydrogen) atoms. The highest BCUT2D eigenvalue weighted by Gasteiger charge is 2.15. The molecule has 0 radical (unpaired) electrons. The summed E-state index contributed by atoms with van der Waals surface area (Å²) < 4.78 is 42.0. The Labute approximate surface area is 117 Å². The molecule has 3 aromatic rings. The maximum atomic E-state index is 13.9. The van der Waals surface area contributed by atoms with E-state index < -0.39 is 17.5 Å². The van der Waals surface area contributed by atoms with Crippen molar-refractivity contribution in [2.45, 2.75) is 6.92 Å². The lowest BCUT2D eigenvalue weighted by atomic mass is 10.2. The summed E-state index contributed by atoms with van der Waals surface area (Å²) in [7, 11) is 0. The van der Waals surface area contributed by atoms with Crippen LogP contribution in [-0.4, -0.2) is 9.55 Å². The van der Waals surface area contributed by atoms with Crippen LogP contribution < -0.4 is 0 Å². The van der Waals surface area contributed by atoms with Gasteiger partial charge in [0.1, 0.15) is 5.82 Å². The van der Waals surface area contributed by atoms with Crippen molar-refractivity contribution in [3.8, 4) is 5.69 Å². The minimum absolute atomic E-state index is 0.116. The number of H-pyrrole nitrogens is 1. The Morgan fingerprint density at radius 1 is 1.05 bits per heavy atom. The Hall–Kier alpha value is -2.08. The molecule has 0 bridgehead atoms.